The van der Waals surface area contributed by atoms with E-state index in [2.05, 4.69) is 13.8 Å². The first-order valence-corrected chi connectivity index (χ1v) is 7.57. The highest BCUT2D eigenvalue weighted by atomic mass is 16.5. The van der Waals surface area contributed by atoms with Gasteiger partial charge < -0.3 is 15.2 Å². The van der Waals surface area contributed by atoms with Crippen LogP contribution in [0.1, 0.15) is 39.5 Å². The van der Waals surface area contributed by atoms with Gasteiger partial charge in [0.1, 0.15) is 12.4 Å². The first-order valence-electron chi connectivity index (χ1n) is 7.57. The van der Waals surface area contributed by atoms with Gasteiger partial charge in [-0.25, -0.2) is 0 Å². The summed E-state index contributed by atoms with van der Waals surface area (Å²) in [6, 6.07) is 9.85. The van der Waals surface area contributed by atoms with Crippen LogP contribution in [0.5, 0.6) is 5.75 Å². The molecule has 1 aromatic rings. The van der Waals surface area contributed by atoms with Gasteiger partial charge in [0.05, 0.1) is 12.2 Å². The van der Waals surface area contributed by atoms with Crippen LogP contribution in [-0.4, -0.2) is 25.4 Å². The van der Waals surface area contributed by atoms with Crippen molar-refractivity contribution in [3.05, 3.63) is 30.3 Å². The summed E-state index contributed by atoms with van der Waals surface area (Å²) in [6.45, 7) is 6.44. The molecule has 2 N–H and O–H groups in total. The van der Waals surface area contributed by atoms with Gasteiger partial charge in [-0.15, -0.1) is 0 Å². The molecular weight excluding hydrogens is 250 g/mol. The number of rotatable bonds is 6. The zero-order valence-corrected chi connectivity index (χ0v) is 12.7. The second kappa shape index (κ2) is 6.59. The van der Waals surface area contributed by atoms with Gasteiger partial charge in [0.2, 0.25) is 0 Å². The Hall–Kier alpha value is -1.06. The molecule has 3 heteroatoms. The summed E-state index contributed by atoms with van der Waals surface area (Å²) >= 11 is 0. The van der Waals surface area contributed by atoms with Crippen LogP contribution >= 0.6 is 0 Å². The topological polar surface area (TPSA) is 44.5 Å². The Bertz CT molecular complexity index is 393. The highest BCUT2D eigenvalue weighted by molar-refractivity contribution is 5.20. The van der Waals surface area contributed by atoms with Gasteiger partial charge in [0, 0.05) is 6.54 Å². The monoisotopic (exact) mass is 277 g/mol. The van der Waals surface area contributed by atoms with Gasteiger partial charge in [-0.1, -0.05) is 32.0 Å². The highest BCUT2D eigenvalue weighted by Gasteiger charge is 2.38. The van der Waals surface area contributed by atoms with Crippen LogP contribution in [0.4, 0.5) is 0 Å². The van der Waals surface area contributed by atoms with E-state index >= 15 is 0 Å². The number of benzene rings is 1. The van der Waals surface area contributed by atoms with E-state index in [4.69, 9.17) is 15.2 Å². The molecule has 0 heterocycles. The molecule has 3 nitrogen and oxygen atoms in total. The first kappa shape index (κ1) is 15.3. The van der Waals surface area contributed by atoms with Crippen molar-refractivity contribution < 1.29 is 9.47 Å². The Balaban J connectivity index is 1.74. The van der Waals surface area contributed by atoms with Crippen molar-refractivity contribution in [3.8, 4) is 5.75 Å². The maximum Gasteiger partial charge on any atom is 0.119 e. The summed E-state index contributed by atoms with van der Waals surface area (Å²) in [5, 5.41) is 0. The van der Waals surface area contributed by atoms with Gasteiger partial charge >= 0.3 is 0 Å². The molecule has 0 radical (unpaired) electrons. The molecule has 0 bridgehead atoms. The lowest BCUT2D eigenvalue weighted by Gasteiger charge is -2.42. The molecule has 0 aliphatic heterocycles. The fourth-order valence-electron chi connectivity index (χ4n) is 2.72. The smallest absolute Gasteiger partial charge is 0.119 e. The number of para-hydroxylation sites is 1. The molecule has 0 amide bonds. The zero-order chi connectivity index (χ0) is 14.5. The van der Waals surface area contributed by atoms with E-state index in [-0.39, 0.29) is 5.60 Å². The van der Waals surface area contributed by atoms with E-state index in [9.17, 15) is 0 Å². The minimum atomic E-state index is -0.129. The minimum absolute atomic E-state index is 0.129. The standard InChI is InChI=1S/C17H27NO2/c1-16(2)8-10-17(14-18,11-9-16)20-13-12-19-15-6-4-3-5-7-15/h3-7H,8-14,18H2,1-2H3. The van der Waals surface area contributed by atoms with Gasteiger partial charge in [0.25, 0.3) is 0 Å². The van der Waals surface area contributed by atoms with Crippen molar-refractivity contribution >= 4 is 0 Å². The quantitative estimate of drug-likeness (QED) is 0.811. The predicted octanol–water partition coefficient (Wildman–Crippen LogP) is 3.38. The lowest BCUT2D eigenvalue weighted by Crippen LogP contribution is -2.46. The molecular formula is C17H27NO2. The van der Waals surface area contributed by atoms with Crippen molar-refractivity contribution in [1.29, 1.82) is 0 Å². The fourth-order valence-corrected chi connectivity index (χ4v) is 2.72. The Labute approximate surface area is 122 Å². The molecule has 0 saturated heterocycles. The van der Waals surface area contributed by atoms with Crippen LogP contribution in [-0.2, 0) is 4.74 Å². The second-order valence-corrected chi connectivity index (χ2v) is 6.56. The van der Waals surface area contributed by atoms with Crippen molar-refractivity contribution in [2.45, 2.75) is 45.1 Å². The summed E-state index contributed by atoms with van der Waals surface area (Å²) in [4.78, 5) is 0. The van der Waals surface area contributed by atoms with Crippen molar-refractivity contribution in [2.24, 2.45) is 11.1 Å². The van der Waals surface area contributed by atoms with Gasteiger partial charge in [-0.2, -0.15) is 0 Å². The summed E-state index contributed by atoms with van der Waals surface area (Å²) in [5.74, 6) is 0.891. The van der Waals surface area contributed by atoms with Gasteiger partial charge in [-0.05, 0) is 43.2 Å². The van der Waals surface area contributed by atoms with E-state index < -0.39 is 0 Å². The molecule has 112 valence electrons. The van der Waals surface area contributed by atoms with Crippen LogP contribution in [0.15, 0.2) is 30.3 Å². The Morgan fingerprint density at radius 2 is 1.65 bits per heavy atom. The van der Waals surface area contributed by atoms with Crippen molar-refractivity contribution in [3.63, 3.8) is 0 Å². The van der Waals surface area contributed by atoms with Gasteiger partial charge in [-0.3, -0.25) is 0 Å². The molecule has 1 aliphatic carbocycles. The third kappa shape index (κ3) is 4.22. The summed E-state index contributed by atoms with van der Waals surface area (Å²) in [6.07, 6.45) is 4.48. The SMILES string of the molecule is CC1(C)CCC(CN)(OCCOc2ccccc2)CC1. The average Bonchev–Trinajstić information content (AvgIpc) is 2.47. The molecule has 0 atom stereocenters. The largest absolute Gasteiger partial charge is 0.491 e. The Morgan fingerprint density at radius 1 is 1.00 bits per heavy atom. The lowest BCUT2D eigenvalue weighted by atomic mass is 9.71. The highest BCUT2D eigenvalue weighted by Crippen LogP contribution is 2.41. The minimum Gasteiger partial charge on any atom is -0.491 e. The Morgan fingerprint density at radius 3 is 2.25 bits per heavy atom. The van der Waals surface area contributed by atoms with E-state index in [0.29, 0.717) is 25.2 Å². The molecule has 1 aromatic carbocycles. The van der Waals surface area contributed by atoms with Crippen molar-refractivity contribution in [1.82, 2.24) is 0 Å². The van der Waals surface area contributed by atoms with Gasteiger partial charge in [0.15, 0.2) is 0 Å². The molecule has 0 aromatic heterocycles. The number of hydrogen-bond acceptors (Lipinski definition) is 3. The molecule has 20 heavy (non-hydrogen) atoms. The summed E-state index contributed by atoms with van der Waals surface area (Å²) < 4.78 is 11.7. The van der Waals surface area contributed by atoms with E-state index in [1.807, 2.05) is 30.3 Å². The van der Waals surface area contributed by atoms with Crippen LogP contribution in [0, 0.1) is 5.41 Å². The maximum absolute atomic E-state index is 6.08. The molecule has 0 unspecified atom stereocenters. The molecule has 1 fully saturated rings. The van der Waals surface area contributed by atoms with E-state index in [1.54, 1.807) is 0 Å². The predicted molar refractivity (Wildman–Crippen MR) is 81.9 cm³/mol. The number of hydrogen-bond donors (Lipinski definition) is 1. The van der Waals surface area contributed by atoms with E-state index in [0.717, 1.165) is 18.6 Å². The number of nitrogens with two attached hydrogens (primary N) is 1. The molecule has 1 aliphatic rings. The van der Waals surface area contributed by atoms with Crippen LogP contribution < -0.4 is 10.5 Å². The lowest BCUT2D eigenvalue weighted by molar-refractivity contribution is -0.0878. The molecule has 1 saturated carbocycles. The van der Waals surface area contributed by atoms with Crippen LogP contribution in [0.25, 0.3) is 0 Å². The second-order valence-electron chi connectivity index (χ2n) is 6.56. The summed E-state index contributed by atoms with van der Waals surface area (Å²) in [7, 11) is 0. The third-order valence-electron chi connectivity index (χ3n) is 4.39. The Kier molecular flexibility index (Phi) is 5.06. The van der Waals surface area contributed by atoms with Crippen LogP contribution in [0.3, 0.4) is 0 Å². The average molecular weight is 277 g/mol. The summed E-state index contributed by atoms with van der Waals surface area (Å²) in [5.41, 5.74) is 6.26. The normalized spacial score (nSPS) is 20.6. The van der Waals surface area contributed by atoms with E-state index in [1.165, 1.54) is 12.8 Å². The first-order chi connectivity index (χ1) is 9.55. The maximum atomic E-state index is 6.08. The number of ether oxygens (including phenoxy) is 2. The van der Waals surface area contributed by atoms with Crippen molar-refractivity contribution in [2.75, 3.05) is 19.8 Å². The van der Waals surface area contributed by atoms with Crippen LogP contribution in [0.2, 0.25) is 0 Å². The zero-order valence-electron chi connectivity index (χ0n) is 12.7. The third-order valence-corrected chi connectivity index (χ3v) is 4.39. The molecule has 0 spiro atoms. The molecule has 2 rings (SSSR count). The fraction of sp³-hybridized carbons (Fsp3) is 0.647.